The number of nitrogens with zero attached hydrogens (tertiary/aromatic N) is 1. The van der Waals surface area contributed by atoms with Crippen LogP contribution in [0.15, 0.2) is 4.99 Å². The van der Waals surface area contributed by atoms with E-state index in [2.05, 4.69) is 17.2 Å². The lowest BCUT2D eigenvalue weighted by Gasteiger charge is -2.05. The number of rotatable bonds is 12. The Morgan fingerprint density at radius 1 is 1.00 bits per heavy atom. The van der Waals surface area contributed by atoms with Crippen LogP contribution in [-0.4, -0.2) is 31.7 Å². The van der Waals surface area contributed by atoms with Crippen LogP contribution in [0.2, 0.25) is 0 Å². The summed E-state index contributed by atoms with van der Waals surface area (Å²) in [5, 5.41) is 2.58. The van der Waals surface area contributed by atoms with Crippen LogP contribution in [0.25, 0.3) is 0 Å². The van der Waals surface area contributed by atoms with Gasteiger partial charge in [-0.3, -0.25) is 0 Å². The van der Waals surface area contributed by atoms with Gasteiger partial charge in [0.1, 0.15) is 0 Å². The smallest absolute Gasteiger partial charge is 0.344 e. The maximum absolute atomic E-state index is 11.0. The van der Waals surface area contributed by atoms with Gasteiger partial charge in [-0.25, -0.2) is 4.79 Å². The molecule has 0 radical (unpaired) electrons. The third-order valence-corrected chi connectivity index (χ3v) is 2.86. The molecule has 0 spiro atoms. The summed E-state index contributed by atoms with van der Waals surface area (Å²) in [6, 6.07) is -0.503. The molecule has 0 saturated heterocycles. The average Bonchev–Trinajstić information content (AvgIpc) is 2.39. The van der Waals surface area contributed by atoms with E-state index in [1.54, 1.807) is 0 Å². The van der Waals surface area contributed by atoms with E-state index >= 15 is 0 Å². The molecule has 0 aromatic heterocycles. The Hall–Kier alpha value is -1.30. The van der Waals surface area contributed by atoms with Gasteiger partial charge < -0.3 is 21.5 Å². The lowest BCUT2D eigenvalue weighted by Crippen LogP contribution is -2.29. The predicted molar refractivity (Wildman–Crippen MR) is 82.6 cm³/mol. The molecule has 20 heavy (non-hydrogen) atoms. The van der Waals surface area contributed by atoms with Gasteiger partial charge in [-0.15, -0.1) is 0 Å². The molecule has 0 rings (SSSR count). The zero-order chi connectivity index (χ0) is 15.1. The lowest BCUT2D eigenvalue weighted by atomic mass is 10.1. The number of ether oxygens (including phenoxy) is 1. The summed E-state index contributed by atoms with van der Waals surface area (Å²) in [5.74, 6) is -0.224. The van der Waals surface area contributed by atoms with Crippen molar-refractivity contribution in [1.82, 2.24) is 5.32 Å². The molecule has 0 aromatic rings. The first kappa shape index (κ1) is 18.7. The van der Waals surface area contributed by atoms with E-state index in [1.807, 2.05) is 0 Å². The van der Waals surface area contributed by atoms with E-state index in [1.165, 1.54) is 38.5 Å². The Morgan fingerprint density at radius 3 is 2.25 bits per heavy atom. The first-order valence-corrected chi connectivity index (χ1v) is 7.62. The second-order valence-corrected chi connectivity index (χ2v) is 4.86. The zero-order valence-corrected chi connectivity index (χ0v) is 12.7. The fourth-order valence-electron chi connectivity index (χ4n) is 1.79. The number of nitrogens with two attached hydrogens (primary N) is 2. The van der Waals surface area contributed by atoms with Crippen molar-refractivity contribution in [2.45, 2.75) is 58.3 Å². The summed E-state index contributed by atoms with van der Waals surface area (Å²) in [6.45, 7) is 4.20. The average molecular weight is 286 g/mol. The van der Waals surface area contributed by atoms with Crippen LogP contribution in [0.5, 0.6) is 0 Å². The fraction of sp³-hybridized carbons (Fsp3) is 0.857. The number of hydrogen-bond donors (Lipinski definition) is 3. The van der Waals surface area contributed by atoms with E-state index in [0.717, 1.165) is 19.4 Å². The van der Waals surface area contributed by atoms with Gasteiger partial charge in [0, 0.05) is 19.8 Å². The number of carbonyl (C=O) groups is 1. The Kier molecular flexibility index (Phi) is 13.2. The highest BCUT2D eigenvalue weighted by molar-refractivity contribution is 5.90. The van der Waals surface area contributed by atoms with Crippen LogP contribution >= 0.6 is 0 Å². The minimum atomic E-state index is -0.503. The summed E-state index contributed by atoms with van der Waals surface area (Å²) in [5.41, 5.74) is 10.1. The summed E-state index contributed by atoms with van der Waals surface area (Å²) in [6.07, 6.45) is 9.76. The lowest BCUT2D eigenvalue weighted by molar-refractivity contribution is 0.127. The maximum Gasteiger partial charge on any atom is 0.344 e. The van der Waals surface area contributed by atoms with Gasteiger partial charge in [-0.05, 0) is 12.8 Å². The second kappa shape index (κ2) is 14.1. The number of amides is 2. The molecule has 0 bridgehead atoms. The van der Waals surface area contributed by atoms with E-state index in [0.29, 0.717) is 13.2 Å². The molecule has 0 aliphatic carbocycles. The van der Waals surface area contributed by atoms with Crippen molar-refractivity contribution in [3.8, 4) is 0 Å². The number of aliphatic imine (C=N–C) groups is 1. The fourth-order valence-corrected chi connectivity index (χ4v) is 1.79. The number of guanidine groups is 1. The van der Waals surface area contributed by atoms with E-state index in [-0.39, 0.29) is 5.96 Å². The molecule has 0 unspecified atom stereocenters. The zero-order valence-electron chi connectivity index (χ0n) is 12.7. The summed E-state index contributed by atoms with van der Waals surface area (Å²) >= 11 is 0. The molecule has 6 heteroatoms. The van der Waals surface area contributed by atoms with Crippen molar-refractivity contribution < 1.29 is 9.53 Å². The van der Waals surface area contributed by atoms with Crippen molar-refractivity contribution in [3.63, 3.8) is 0 Å². The normalized spacial score (nSPS) is 10.2. The highest BCUT2D eigenvalue weighted by atomic mass is 16.5. The quantitative estimate of drug-likeness (QED) is 0.290. The van der Waals surface area contributed by atoms with Gasteiger partial charge in [-0.2, -0.15) is 4.99 Å². The number of urea groups is 1. The van der Waals surface area contributed by atoms with Gasteiger partial charge in [0.25, 0.3) is 0 Å². The monoisotopic (exact) mass is 286 g/mol. The molecule has 0 aliphatic rings. The molecular formula is C14H30N4O2. The van der Waals surface area contributed by atoms with Crippen LogP contribution < -0.4 is 16.8 Å². The van der Waals surface area contributed by atoms with E-state index in [4.69, 9.17) is 16.2 Å². The molecule has 118 valence electrons. The molecule has 0 saturated carbocycles. The van der Waals surface area contributed by atoms with Crippen LogP contribution in [0.1, 0.15) is 58.3 Å². The third-order valence-electron chi connectivity index (χ3n) is 2.86. The largest absolute Gasteiger partial charge is 0.381 e. The van der Waals surface area contributed by atoms with Crippen molar-refractivity contribution in [2.75, 3.05) is 19.8 Å². The molecule has 6 nitrogen and oxygen atoms in total. The minimum absolute atomic E-state index is 0.224. The molecule has 0 fully saturated rings. The molecular weight excluding hydrogens is 256 g/mol. The van der Waals surface area contributed by atoms with Crippen LogP contribution in [0.4, 0.5) is 4.79 Å². The van der Waals surface area contributed by atoms with Gasteiger partial charge in [0.15, 0.2) is 5.96 Å². The highest BCUT2D eigenvalue weighted by Crippen LogP contribution is 2.06. The SMILES string of the molecule is CCCCCCCCCOCCCNC(=O)N=C(N)N. The maximum atomic E-state index is 11.0. The van der Waals surface area contributed by atoms with E-state index < -0.39 is 6.03 Å². The molecule has 0 atom stereocenters. The molecule has 2 amide bonds. The highest BCUT2D eigenvalue weighted by Gasteiger charge is 1.97. The Labute approximate surface area is 122 Å². The van der Waals surface area contributed by atoms with Crippen molar-refractivity contribution in [3.05, 3.63) is 0 Å². The van der Waals surface area contributed by atoms with Crippen molar-refractivity contribution in [1.29, 1.82) is 0 Å². The molecule has 0 aliphatic heterocycles. The van der Waals surface area contributed by atoms with Crippen LogP contribution in [0.3, 0.4) is 0 Å². The topological polar surface area (TPSA) is 103 Å². The summed E-state index contributed by atoms with van der Waals surface area (Å²) in [7, 11) is 0. The minimum Gasteiger partial charge on any atom is -0.381 e. The Balaban J connectivity index is 3.13. The first-order valence-electron chi connectivity index (χ1n) is 7.62. The van der Waals surface area contributed by atoms with Crippen molar-refractivity contribution >= 4 is 12.0 Å². The molecule has 0 aromatic carbocycles. The van der Waals surface area contributed by atoms with E-state index in [9.17, 15) is 4.79 Å². The van der Waals surface area contributed by atoms with Gasteiger partial charge in [0.05, 0.1) is 0 Å². The second-order valence-electron chi connectivity index (χ2n) is 4.86. The summed E-state index contributed by atoms with van der Waals surface area (Å²) < 4.78 is 5.49. The first-order chi connectivity index (χ1) is 9.66. The molecule has 5 N–H and O–H groups in total. The van der Waals surface area contributed by atoms with Crippen LogP contribution in [0, 0.1) is 0 Å². The predicted octanol–water partition coefficient (Wildman–Crippen LogP) is 2.13. The Bertz CT molecular complexity index is 266. The van der Waals surface area contributed by atoms with Crippen molar-refractivity contribution in [2.24, 2.45) is 16.5 Å². The number of unbranched alkanes of at least 4 members (excludes halogenated alkanes) is 6. The van der Waals surface area contributed by atoms with Crippen LogP contribution in [-0.2, 0) is 4.74 Å². The van der Waals surface area contributed by atoms with Gasteiger partial charge >= 0.3 is 6.03 Å². The number of nitrogens with one attached hydrogen (secondary N) is 1. The Morgan fingerprint density at radius 2 is 1.60 bits per heavy atom. The number of hydrogen-bond acceptors (Lipinski definition) is 2. The summed E-state index contributed by atoms with van der Waals surface area (Å²) in [4.78, 5) is 14.4. The number of carbonyl (C=O) groups excluding carboxylic acids is 1. The third kappa shape index (κ3) is 14.8. The molecule has 0 heterocycles. The van der Waals surface area contributed by atoms with Gasteiger partial charge in [0.2, 0.25) is 0 Å². The van der Waals surface area contributed by atoms with Gasteiger partial charge in [-0.1, -0.05) is 45.4 Å². The standard InChI is InChI=1S/C14H30N4O2/c1-2-3-4-5-6-7-8-11-20-12-9-10-17-14(19)18-13(15)16/h2-12H2,1H3,(H5,15,16,17,18,19).